The molecule has 1 fully saturated rings. The number of benzene rings is 1. The molecule has 1 aromatic carbocycles. The largest absolute Gasteiger partial charge is 0.345 e. The third-order valence-corrected chi connectivity index (χ3v) is 5.36. The van der Waals surface area contributed by atoms with Crippen LogP contribution >= 0.6 is 11.3 Å². The predicted octanol–water partition coefficient (Wildman–Crippen LogP) is 1.57. The highest BCUT2D eigenvalue weighted by atomic mass is 32.1. The van der Waals surface area contributed by atoms with Gasteiger partial charge >= 0.3 is 11.8 Å². The Bertz CT molecular complexity index is 1080. The van der Waals surface area contributed by atoms with Gasteiger partial charge in [0.25, 0.3) is 5.91 Å². The number of hydrogen-bond donors (Lipinski definition) is 3. The molecule has 3 amide bonds. The molecule has 1 aliphatic carbocycles. The number of aryl methyl sites for hydroxylation is 1. The number of carbonyl (C=O) groups excluding carboxylic acids is 3. The maximum Gasteiger partial charge on any atom is 0.327 e. The number of rotatable bonds is 3. The number of aromatic nitrogens is 2. The molecule has 3 aromatic rings. The van der Waals surface area contributed by atoms with Crippen LogP contribution in [0.15, 0.2) is 30.3 Å². The van der Waals surface area contributed by atoms with Gasteiger partial charge in [-0.25, -0.2) is 9.07 Å². The van der Waals surface area contributed by atoms with Crippen LogP contribution in [-0.2, 0) is 9.59 Å². The van der Waals surface area contributed by atoms with Crippen LogP contribution in [0.3, 0.4) is 0 Å². The molecule has 0 unspecified atom stereocenters. The van der Waals surface area contributed by atoms with Crippen molar-refractivity contribution in [3.8, 4) is 5.69 Å². The van der Waals surface area contributed by atoms with Crippen LogP contribution < -0.4 is 16.2 Å². The second-order valence-electron chi connectivity index (χ2n) is 6.46. The lowest BCUT2D eigenvalue weighted by atomic mass is 10.3. The summed E-state index contributed by atoms with van der Waals surface area (Å²) in [6, 6.07) is 7.57. The number of hydrazine groups is 1. The topological polar surface area (TPSA) is 105 Å². The molecule has 0 radical (unpaired) electrons. The normalized spacial score (nSPS) is 13.4. The van der Waals surface area contributed by atoms with Crippen molar-refractivity contribution < 1.29 is 18.8 Å². The van der Waals surface area contributed by atoms with Crippen LogP contribution in [0.2, 0.25) is 0 Å². The number of carbonyl (C=O) groups is 3. The van der Waals surface area contributed by atoms with Gasteiger partial charge in [0, 0.05) is 11.4 Å². The highest BCUT2D eigenvalue weighted by Crippen LogP contribution is 2.30. The molecule has 1 saturated carbocycles. The molecule has 3 N–H and O–H groups in total. The van der Waals surface area contributed by atoms with Crippen molar-refractivity contribution in [3.05, 3.63) is 46.7 Å². The molecule has 0 saturated heterocycles. The molecule has 28 heavy (non-hydrogen) atoms. The lowest BCUT2D eigenvalue weighted by molar-refractivity contribution is -0.139. The van der Waals surface area contributed by atoms with E-state index in [0.29, 0.717) is 21.1 Å². The lowest BCUT2D eigenvalue weighted by Gasteiger charge is -2.06. The van der Waals surface area contributed by atoms with Crippen molar-refractivity contribution in [2.24, 2.45) is 0 Å². The van der Waals surface area contributed by atoms with E-state index in [0.717, 1.165) is 18.2 Å². The second-order valence-corrected chi connectivity index (χ2v) is 7.49. The van der Waals surface area contributed by atoms with Crippen LogP contribution in [0, 0.1) is 12.7 Å². The molecule has 0 bridgehead atoms. The van der Waals surface area contributed by atoms with Crippen LogP contribution in [0.4, 0.5) is 4.39 Å². The van der Waals surface area contributed by atoms with E-state index in [2.05, 4.69) is 21.3 Å². The van der Waals surface area contributed by atoms with Gasteiger partial charge in [0.1, 0.15) is 10.6 Å². The monoisotopic (exact) mass is 401 g/mol. The first-order chi connectivity index (χ1) is 13.4. The average Bonchev–Trinajstić information content (AvgIpc) is 3.29. The second kappa shape index (κ2) is 7.04. The van der Waals surface area contributed by atoms with Gasteiger partial charge in [-0.2, -0.15) is 5.10 Å². The number of hydrogen-bond acceptors (Lipinski definition) is 5. The molecule has 10 heteroatoms. The summed E-state index contributed by atoms with van der Waals surface area (Å²) in [6.07, 6.45) is 1.72. The van der Waals surface area contributed by atoms with Crippen molar-refractivity contribution in [3.63, 3.8) is 0 Å². The molecular formula is C18H16FN5O3S. The third kappa shape index (κ3) is 3.58. The van der Waals surface area contributed by atoms with Crippen molar-refractivity contribution in [1.82, 2.24) is 25.9 Å². The minimum Gasteiger partial charge on any atom is -0.345 e. The lowest BCUT2D eigenvalue weighted by Crippen LogP contribution is -2.48. The summed E-state index contributed by atoms with van der Waals surface area (Å²) >= 11 is 1.18. The standard InChI is InChI=1S/C18H16FN5O3S/c1-9-13-8-14(15(25)21-22-17(27)16(26)20-11-4-5-11)28-18(13)24(23-9)12-6-2-10(19)3-7-12/h2-3,6-8,11H,4-5H2,1H3,(H,20,26)(H,21,25)(H,22,27). The molecule has 0 atom stereocenters. The third-order valence-electron chi connectivity index (χ3n) is 4.25. The minimum atomic E-state index is -0.921. The summed E-state index contributed by atoms with van der Waals surface area (Å²) in [5, 5.41) is 7.74. The van der Waals surface area contributed by atoms with E-state index in [1.807, 2.05) is 0 Å². The summed E-state index contributed by atoms with van der Waals surface area (Å²) in [7, 11) is 0. The van der Waals surface area contributed by atoms with Gasteiger partial charge in [-0.1, -0.05) is 0 Å². The van der Waals surface area contributed by atoms with Crippen LogP contribution in [0.25, 0.3) is 15.9 Å². The summed E-state index contributed by atoms with van der Waals surface area (Å²) in [5.41, 5.74) is 5.73. The molecule has 2 heterocycles. The Morgan fingerprint density at radius 2 is 1.86 bits per heavy atom. The van der Waals surface area contributed by atoms with E-state index in [4.69, 9.17) is 0 Å². The molecule has 1 aliphatic rings. The van der Waals surface area contributed by atoms with E-state index in [9.17, 15) is 18.8 Å². The number of nitrogens with zero attached hydrogens (tertiary/aromatic N) is 2. The Morgan fingerprint density at radius 3 is 2.54 bits per heavy atom. The van der Waals surface area contributed by atoms with Crippen molar-refractivity contribution in [1.29, 1.82) is 0 Å². The Labute approximate surface area is 162 Å². The first-order valence-corrected chi connectivity index (χ1v) is 9.40. The minimum absolute atomic E-state index is 0.0499. The van der Waals surface area contributed by atoms with E-state index in [-0.39, 0.29) is 11.9 Å². The average molecular weight is 401 g/mol. The molecule has 8 nitrogen and oxygen atoms in total. The van der Waals surface area contributed by atoms with Gasteiger partial charge in [0.15, 0.2) is 0 Å². The summed E-state index contributed by atoms with van der Waals surface area (Å²) in [4.78, 5) is 36.7. The first kappa shape index (κ1) is 18.1. The summed E-state index contributed by atoms with van der Waals surface area (Å²) < 4.78 is 14.8. The van der Waals surface area contributed by atoms with Gasteiger partial charge in [-0.05, 0) is 50.1 Å². The van der Waals surface area contributed by atoms with E-state index >= 15 is 0 Å². The van der Waals surface area contributed by atoms with Gasteiger partial charge in [0.05, 0.1) is 16.3 Å². The smallest absolute Gasteiger partial charge is 0.327 e. The maximum absolute atomic E-state index is 13.2. The number of fused-ring (bicyclic) bond motifs is 1. The van der Waals surface area contributed by atoms with Crippen LogP contribution in [-0.4, -0.2) is 33.5 Å². The molecule has 0 spiro atoms. The van der Waals surface area contributed by atoms with E-state index < -0.39 is 17.7 Å². The number of halogens is 1. The van der Waals surface area contributed by atoms with Crippen LogP contribution in [0.5, 0.6) is 0 Å². The summed E-state index contributed by atoms with van der Waals surface area (Å²) in [6.45, 7) is 1.81. The number of amides is 3. The summed E-state index contributed by atoms with van der Waals surface area (Å²) in [5.74, 6) is -2.59. The van der Waals surface area contributed by atoms with Gasteiger partial charge < -0.3 is 5.32 Å². The van der Waals surface area contributed by atoms with E-state index in [1.165, 1.54) is 23.5 Å². The zero-order valence-corrected chi connectivity index (χ0v) is 15.6. The Hall–Kier alpha value is -3.27. The van der Waals surface area contributed by atoms with Crippen molar-refractivity contribution in [2.45, 2.75) is 25.8 Å². The van der Waals surface area contributed by atoms with Gasteiger partial charge in [-0.3, -0.25) is 25.2 Å². The fourth-order valence-electron chi connectivity index (χ4n) is 2.63. The highest BCUT2D eigenvalue weighted by molar-refractivity contribution is 7.20. The molecule has 4 rings (SSSR count). The SMILES string of the molecule is Cc1nn(-c2ccc(F)cc2)c2sc(C(=O)NNC(=O)C(=O)NC3CC3)cc12. The fraction of sp³-hybridized carbons (Fsp3) is 0.222. The Morgan fingerprint density at radius 1 is 1.14 bits per heavy atom. The van der Waals surface area contributed by atoms with Gasteiger partial charge in [0.2, 0.25) is 0 Å². The highest BCUT2D eigenvalue weighted by Gasteiger charge is 2.26. The molecule has 0 aliphatic heterocycles. The zero-order chi connectivity index (χ0) is 19.8. The molecule has 2 aromatic heterocycles. The molecular weight excluding hydrogens is 385 g/mol. The maximum atomic E-state index is 13.2. The quantitative estimate of drug-likeness (QED) is 0.458. The number of nitrogens with one attached hydrogen (secondary N) is 3. The first-order valence-electron chi connectivity index (χ1n) is 8.58. The van der Waals surface area contributed by atoms with E-state index in [1.54, 1.807) is 29.8 Å². The van der Waals surface area contributed by atoms with Crippen molar-refractivity contribution in [2.75, 3.05) is 0 Å². The van der Waals surface area contributed by atoms with Crippen LogP contribution in [0.1, 0.15) is 28.2 Å². The fourth-order valence-corrected chi connectivity index (χ4v) is 3.71. The Kier molecular flexibility index (Phi) is 4.55. The number of thiophene rings is 1. The van der Waals surface area contributed by atoms with Gasteiger partial charge in [-0.15, -0.1) is 11.3 Å². The predicted molar refractivity (Wildman–Crippen MR) is 100 cm³/mol. The Balaban J connectivity index is 1.50. The van der Waals surface area contributed by atoms with Crippen molar-refractivity contribution >= 4 is 39.3 Å². The molecule has 144 valence electrons. The zero-order valence-electron chi connectivity index (χ0n) is 14.8.